The summed E-state index contributed by atoms with van der Waals surface area (Å²) in [7, 11) is 1.68. The molecule has 0 saturated carbocycles. The van der Waals surface area contributed by atoms with E-state index >= 15 is 0 Å². The molecule has 3 heteroatoms. The Morgan fingerprint density at radius 3 is 2.24 bits per heavy atom. The maximum Gasteiger partial charge on any atom is 0.118 e. The molecule has 0 radical (unpaired) electrons. The number of aromatic nitrogens is 1. The van der Waals surface area contributed by atoms with Crippen LogP contribution in [0, 0.1) is 0 Å². The van der Waals surface area contributed by atoms with Crippen LogP contribution in [-0.4, -0.2) is 17.8 Å². The van der Waals surface area contributed by atoms with Gasteiger partial charge in [0.15, 0.2) is 0 Å². The van der Waals surface area contributed by atoms with Crippen LogP contribution in [0.2, 0.25) is 0 Å². The zero-order valence-electron chi connectivity index (χ0n) is 14.0. The lowest BCUT2D eigenvalue weighted by Gasteiger charge is -2.08. The fourth-order valence-corrected chi connectivity index (χ4v) is 3.06. The summed E-state index contributed by atoms with van der Waals surface area (Å²) in [6.45, 7) is 0. The van der Waals surface area contributed by atoms with E-state index in [4.69, 9.17) is 9.73 Å². The Morgan fingerprint density at radius 1 is 0.800 bits per heavy atom. The predicted octanol–water partition coefficient (Wildman–Crippen LogP) is 4.85. The summed E-state index contributed by atoms with van der Waals surface area (Å²) in [5, 5.41) is 0. The predicted molar refractivity (Wildman–Crippen MR) is 102 cm³/mol. The van der Waals surface area contributed by atoms with Crippen LogP contribution < -0.4 is 4.74 Å². The van der Waals surface area contributed by atoms with E-state index in [0.717, 1.165) is 34.7 Å². The van der Waals surface area contributed by atoms with Crippen molar-refractivity contribution in [1.29, 1.82) is 0 Å². The van der Waals surface area contributed by atoms with Gasteiger partial charge in [0.25, 0.3) is 0 Å². The van der Waals surface area contributed by atoms with Gasteiger partial charge in [-0.15, -0.1) is 0 Å². The maximum absolute atomic E-state index is 5.28. The first-order valence-electron chi connectivity index (χ1n) is 8.26. The average molecular weight is 326 g/mol. The minimum Gasteiger partial charge on any atom is -0.497 e. The van der Waals surface area contributed by atoms with E-state index in [9.17, 15) is 0 Å². The zero-order valence-corrected chi connectivity index (χ0v) is 14.0. The van der Waals surface area contributed by atoms with Crippen molar-refractivity contribution in [3.05, 3.63) is 95.8 Å². The second-order valence-corrected chi connectivity index (χ2v) is 5.90. The molecule has 0 atom stereocenters. The SMILES string of the molecule is COc1ccc(C2=C(c3ccccc3)N=C(c3cccnc3)C2)cc1. The minimum atomic E-state index is 0.794. The fraction of sp³-hybridized carbons (Fsp3) is 0.0909. The second-order valence-electron chi connectivity index (χ2n) is 5.90. The Bertz CT molecular complexity index is 927. The van der Waals surface area contributed by atoms with Crippen molar-refractivity contribution >= 4 is 17.0 Å². The summed E-state index contributed by atoms with van der Waals surface area (Å²) < 4.78 is 5.28. The second kappa shape index (κ2) is 6.73. The monoisotopic (exact) mass is 326 g/mol. The van der Waals surface area contributed by atoms with E-state index < -0.39 is 0 Å². The standard InChI is InChI=1S/C22H18N2O/c1-25-19-11-9-16(10-12-19)20-14-21(18-8-5-13-23-15-18)24-22(20)17-6-3-2-4-7-17/h2-13,15H,14H2,1H3. The van der Waals surface area contributed by atoms with Gasteiger partial charge in [0.1, 0.15) is 5.75 Å². The van der Waals surface area contributed by atoms with Gasteiger partial charge in [-0.3, -0.25) is 9.98 Å². The van der Waals surface area contributed by atoms with Gasteiger partial charge in [-0.25, -0.2) is 0 Å². The Labute approximate surface area is 147 Å². The molecule has 0 bridgehead atoms. The van der Waals surface area contributed by atoms with Gasteiger partial charge in [0, 0.05) is 29.9 Å². The van der Waals surface area contributed by atoms with Crippen molar-refractivity contribution in [3.8, 4) is 5.75 Å². The van der Waals surface area contributed by atoms with Gasteiger partial charge in [0.2, 0.25) is 0 Å². The van der Waals surface area contributed by atoms with Gasteiger partial charge in [-0.05, 0) is 29.3 Å². The number of benzene rings is 2. The highest BCUT2D eigenvalue weighted by Gasteiger charge is 2.21. The molecule has 0 aliphatic carbocycles. The number of hydrogen-bond acceptors (Lipinski definition) is 3. The summed E-state index contributed by atoms with van der Waals surface area (Å²) >= 11 is 0. The van der Waals surface area contributed by atoms with E-state index in [-0.39, 0.29) is 0 Å². The molecule has 3 aromatic rings. The molecule has 4 rings (SSSR count). The molecule has 0 N–H and O–H groups in total. The molecular weight excluding hydrogens is 308 g/mol. The van der Waals surface area contributed by atoms with Gasteiger partial charge in [-0.1, -0.05) is 48.5 Å². The number of rotatable bonds is 4. The van der Waals surface area contributed by atoms with Crippen molar-refractivity contribution in [2.45, 2.75) is 6.42 Å². The highest BCUT2D eigenvalue weighted by atomic mass is 16.5. The van der Waals surface area contributed by atoms with Crippen LogP contribution >= 0.6 is 0 Å². The van der Waals surface area contributed by atoms with Gasteiger partial charge in [0.05, 0.1) is 18.5 Å². The Kier molecular flexibility index (Phi) is 4.13. The quantitative estimate of drug-likeness (QED) is 0.687. The highest BCUT2D eigenvalue weighted by molar-refractivity contribution is 6.16. The third-order valence-corrected chi connectivity index (χ3v) is 4.36. The van der Waals surface area contributed by atoms with Crippen LogP contribution in [0.25, 0.3) is 11.3 Å². The summed E-state index contributed by atoms with van der Waals surface area (Å²) in [5.74, 6) is 0.858. The largest absolute Gasteiger partial charge is 0.497 e. The topological polar surface area (TPSA) is 34.5 Å². The number of methoxy groups -OCH3 is 1. The van der Waals surface area contributed by atoms with Crippen molar-refractivity contribution in [1.82, 2.24) is 4.98 Å². The molecule has 1 aromatic heterocycles. The Balaban J connectivity index is 1.79. The molecule has 2 aromatic carbocycles. The molecule has 25 heavy (non-hydrogen) atoms. The van der Waals surface area contributed by atoms with Crippen LogP contribution in [0.15, 0.2) is 84.1 Å². The van der Waals surface area contributed by atoms with Crippen molar-refractivity contribution < 1.29 is 4.74 Å². The van der Waals surface area contributed by atoms with Crippen molar-refractivity contribution in [2.75, 3.05) is 7.11 Å². The summed E-state index contributed by atoms with van der Waals surface area (Å²) in [5.41, 5.74) is 6.68. The van der Waals surface area contributed by atoms with Crippen LogP contribution in [0.5, 0.6) is 5.75 Å². The first-order valence-corrected chi connectivity index (χ1v) is 8.26. The van der Waals surface area contributed by atoms with E-state index in [1.165, 1.54) is 11.1 Å². The maximum atomic E-state index is 5.28. The number of aliphatic imine (C=N–C) groups is 1. The number of nitrogens with zero attached hydrogens (tertiary/aromatic N) is 2. The van der Waals surface area contributed by atoms with E-state index in [2.05, 4.69) is 35.3 Å². The number of pyridine rings is 1. The molecular formula is C22H18N2O. The van der Waals surface area contributed by atoms with Crippen molar-refractivity contribution in [2.24, 2.45) is 4.99 Å². The first-order chi connectivity index (χ1) is 12.3. The van der Waals surface area contributed by atoms with Crippen LogP contribution in [0.4, 0.5) is 0 Å². The summed E-state index contributed by atoms with van der Waals surface area (Å²) in [4.78, 5) is 9.19. The van der Waals surface area contributed by atoms with Crippen molar-refractivity contribution in [3.63, 3.8) is 0 Å². The fourth-order valence-electron chi connectivity index (χ4n) is 3.06. The van der Waals surface area contributed by atoms with Gasteiger partial charge in [-0.2, -0.15) is 0 Å². The van der Waals surface area contributed by atoms with Crippen LogP contribution in [0.3, 0.4) is 0 Å². The molecule has 3 nitrogen and oxygen atoms in total. The average Bonchev–Trinajstić information content (AvgIpc) is 3.15. The van der Waals surface area contributed by atoms with Gasteiger partial charge >= 0.3 is 0 Å². The number of hydrogen-bond donors (Lipinski definition) is 0. The van der Waals surface area contributed by atoms with E-state index in [0.29, 0.717) is 0 Å². The lowest BCUT2D eigenvalue weighted by Crippen LogP contribution is -1.98. The third-order valence-electron chi connectivity index (χ3n) is 4.36. The number of allylic oxidation sites excluding steroid dienone is 1. The van der Waals surface area contributed by atoms with E-state index in [1.54, 1.807) is 13.3 Å². The molecule has 1 aliphatic rings. The lowest BCUT2D eigenvalue weighted by molar-refractivity contribution is 0.415. The Hall–Kier alpha value is -3.20. The van der Waals surface area contributed by atoms with Crippen LogP contribution in [-0.2, 0) is 0 Å². The first kappa shape index (κ1) is 15.3. The molecule has 0 fully saturated rings. The summed E-state index contributed by atoms with van der Waals surface area (Å²) in [6.07, 6.45) is 4.45. The molecule has 1 aliphatic heterocycles. The zero-order chi connectivity index (χ0) is 17.1. The third kappa shape index (κ3) is 3.09. The summed E-state index contributed by atoms with van der Waals surface area (Å²) in [6, 6.07) is 22.5. The smallest absolute Gasteiger partial charge is 0.118 e. The van der Waals surface area contributed by atoms with E-state index in [1.807, 2.05) is 42.6 Å². The van der Waals surface area contributed by atoms with Gasteiger partial charge < -0.3 is 4.74 Å². The van der Waals surface area contributed by atoms with Crippen LogP contribution in [0.1, 0.15) is 23.1 Å². The molecule has 0 saturated heterocycles. The molecule has 122 valence electrons. The molecule has 2 heterocycles. The molecule has 0 spiro atoms. The lowest BCUT2D eigenvalue weighted by atomic mass is 9.96. The normalized spacial score (nSPS) is 13.7. The minimum absolute atomic E-state index is 0.794. The molecule has 0 amide bonds. The molecule has 0 unspecified atom stereocenters. The highest BCUT2D eigenvalue weighted by Crippen LogP contribution is 2.37. The Morgan fingerprint density at radius 2 is 1.56 bits per heavy atom. The number of ether oxygens (including phenoxy) is 1.